The average molecular weight is 343 g/mol. The number of hydrogen-bond acceptors (Lipinski definition) is 8. The maximum Gasteiger partial charge on any atom is 0.239 e. The van der Waals surface area contributed by atoms with Crippen molar-refractivity contribution in [2.24, 2.45) is 0 Å². The van der Waals surface area contributed by atoms with Gasteiger partial charge in [0.05, 0.1) is 6.10 Å². The summed E-state index contributed by atoms with van der Waals surface area (Å²) in [5.74, 6) is 1.04. The smallest absolute Gasteiger partial charge is 0.239 e. The third-order valence-electron chi connectivity index (χ3n) is 4.01. The van der Waals surface area contributed by atoms with Crippen LogP contribution < -0.4 is 4.90 Å². The Morgan fingerprint density at radius 2 is 2.04 bits per heavy atom. The molecule has 3 heterocycles. The lowest BCUT2D eigenvalue weighted by Gasteiger charge is -2.19. The molecule has 1 saturated heterocycles. The number of rotatable bonds is 4. The van der Waals surface area contributed by atoms with Gasteiger partial charge in [-0.15, -0.1) is 20.4 Å². The number of hydrogen-bond donors (Lipinski definition) is 1. The van der Waals surface area contributed by atoms with Gasteiger partial charge in [0.15, 0.2) is 0 Å². The van der Waals surface area contributed by atoms with E-state index < -0.39 is 6.10 Å². The lowest BCUT2D eigenvalue weighted by Crippen LogP contribution is -2.24. The normalized spacial score (nSPS) is 20.7. The molecule has 8 heteroatoms. The number of anilines is 1. The third kappa shape index (κ3) is 3.02. The van der Waals surface area contributed by atoms with Gasteiger partial charge in [-0.05, 0) is 5.56 Å². The highest BCUT2D eigenvalue weighted by Crippen LogP contribution is 2.37. The van der Waals surface area contributed by atoms with Crippen LogP contribution in [-0.2, 0) is 6.42 Å². The van der Waals surface area contributed by atoms with Crippen LogP contribution in [0.15, 0.2) is 34.7 Å². The van der Waals surface area contributed by atoms with Crippen molar-refractivity contribution in [3.8, 4) is 0 Å². The number of benzene rings is 1. The molecule has 3 aromatic rings. The van der Waals surface area contributed by atoms with Crippen molar-refractivity contribution in [1.29, 1.82) is 0 Å². The second kappa shape index (κ2) is 6.29. The van der Waals surface area contributed by atoms with Gasteiger partial charge in [0.2, 0.25) is 16.9 Å². The highest BCUT2D eigenvalue weighted by atomic mass is 32.1. The number of aryl methyl sites for hydroxylation is 1. The van der Waals surface area contributed by atoms with Gasteiger partial charge < -0.3 is 14.4 Å². The molecule has 1 fully saturated rings. The van der Waals surface area contributed by atoms with Crippen LogP contribution in [-0.4, -0.2) is 38.1 Å². The minimum absolute atomic E-state index is 0.154. The van der Waals surface area contributed by atoms with Crippen LogP contribution in [0.4, 0.5) is 5.13 Å². The molecule has 0 spiro atoms. The van der Waals surface area contributed by atoms with Gasteiger partial charge in [-0.2, -0.15) is 0 Å². The quantitative estimate of drug-likeness (QED) is 0.776. The van der Waals surface area contributed by atoms with E-state index in [1.54, 1.807) is 6.92 Å². The Kier molecular flexibility index (Phi) is 3.99. The molecule has 0 amide bonds. The largest absolute Gasteiger partial charge is 0.423 e. The van der Waals surface area contributed by atoms with E-state index in [0.29, 0.717) is 24.7 Å². The molecule has 1 aliphatic rings. The number of aliphatic hydroxyl groups excluding tert-OH is 1. The first-order valence-electron chi connectivity index (χ1n) is 7.80. The van der Waals surface area contributed by atoms with E-state index in [-0.39, 0.29) is 6.04 Å². The fourth-order valence-electron chi connectivity index (χ4n) is 2.91. The van der Waals surface area contributed by atoms with Crippen molar-refractivity contribution in [2.45, 2.75) is 31.9 Å². The van der Waals surface area contributed by atoms with E-state index >= 15 is 0 Å². The van der Waals surface area contributed by atoms with Crippen molar-refractivity contribution in [1.82, 2.24) is 20.4 Å². The summed E-state index contributed by atoms with van der Waals surface area (Å²) in [5, 5.41) is 28.4. The fraction of sp³-hybridized carbons (Fsp3) is 0.375. The molecule has 2 atom stereocenters. The van der Waals surface area contributed by atoms with Gasteiger partial charge >= 0.3 is 0 Å². The minimum atomic E-state index is -0.441. The molecule has 124 valence electrons. The molecule has 1 aliphatic heterocycles. The second-order valence-electron chi connectivity index (χ2n) is 5.86. The predicted molar refractivity (Wildman–Crippen MR) is 88.9 cm³/mol. The SMILES string of the molecule is Cc1nnc([C@H]2C[C@@H](O)CN2c2nnc(Cc3ccccc3)s2)o1. The molecule has 0 bridgehead atoms. The van der Waals surface area contributed by atoms with E-state index in [4.69, 9.17) is 4.42 Å². The van der Waals surface area contributed by atoms with Gasteiger partial charge in [-0.25, -0.2) is 0 Å². The van der Waals surface area contributed by atoms with Crippen molar-refractivity contribution in [3.05, 3.63) is 52.7 Å². The summed E-state index contributed by atoms with van der Waals surface area (Å²) in [5.41, 5.74) is 1.20. The standard InChI is InChI=1S/C16H17N5O2S/c1-10-17-19-15(23-10)13-8-12(22)9-21(13)16-20-18-14(24-16)7-11-5-3-2-4-6-11/h2-6,12-13,22H,7-9H2,1H3/t12-,13-/m1/s1. The van der Waals surface area contributed by atoms with Crippen LogP contribution in [0.25, 0.3) is 0 Å². The number of aromatic nitrogens is 4. The first-order chi connectivity index (χ1) is 11.7. The fourth-order valence-corrected chi connectivity index (χ4v) is 3.84. The number of β-amino-alcohol motifs (C(OH)–C–C–N with tert-alkyl or cyclic N) is 1. The molecule has 1 aromatic carbocycles. The minimum Gasteiger partial charge on any atom is -0.423 e. The van der Waals surface area contributed by atoms with Crippen molar-refractivity contribution < 1.29 is 9.52 Å². The molecular formula is C16H17N5O2S. The maximum atomic E-state index is 10.1. The zero-order valence-electron chi connectivity index (χ0n) is 13.2. The molecule has 24 heavy (non-hydrogen) atoms. The van der Waals surface area contributed by atoms with Crippen LogP contribution in [0.3, 0.4) is 0 Å². The first kappa shape index (κ1) is 15.2. The van der Waals surface area contributed by atoms with Crippen molar-refractivity contribution in [2.75, 3.05) is 11.4 Å². The van der Waals surface area contributed by atoms with E-state index in [1.165, 1.54) is 16.9 Å². The Bertz CT molecular complexity index is 819. The molecule has 0 radical (unpaired) electrons. The monoisotopic (exact) mass is 343 g/mol. The van der Waals surface area contributed by atoms with Gasteiger partial charge in [0.1, 0.15) is 11.0 Å². The van der Waals surface area contributed by atoms with E-state index in [0.717, 1.165) is 16.6 Å². The van der Waals surface area contributed by atoms with Crippen LogP contribution >= 0.6 is 11.3 Å². The predicted octanol–water partition coefficient (Wildman–Crippen LogP) is 2.13. The van der Waals surface area contributed by atoms with Gasteiger partial charge in [0.25, 0.3) is 0 Å². The van der Waals surface area contributed by atoms with Crippen LogP contribution in [0.5, 0.6) is 0 Å². The molecule has 0 unspecified atom stereocenters. The zero-order valence-corrected chi connectivity index (χ0v) is 14.0. The van der Waals surface area contributed by atoms with Crippen LogP contribution in [0, 0.1) is 6.92 Å². The topological polar surface area (TPSA) is 88.2 Å². The average Bonchev–Trinajstić information content (AvgIpc) is 3.28. The van der Waals surface area contributed by atoms with Crippen molar-refractivity contribution in [3.63, 3.8) is 0 Å². The summed E-state index contributed by atoms with van der Waals surface area (Å²) in [6.07, 6.45) is 0.859. The molecule has 0 aliphatic carbocycles. The number of nitrogens with zero attached hydrogens (tertiary/aromatic N) is 5. The number of aliphatic hydroxyl groups is 1. The Morgan fingerprint density at radius 3 is 2.79 bits per heavy atom. The van der Waals surface area contributed by atoms with Crippen LogP contribution in [0.2, 0.25) is 0 Å². The summed E-state index contributed by atoms with van der Waals surface area (Å²) in [7, 11) is 0. The summed E-state index contributed by atoms with van der Waals surface area (Å²) in [6, 6.07) is 10.0. The highest BCUT2D eigenvalue weighted by molar-refractivity contribution is 7.15. The Balaban J connectivity index is 1.56. The Labute approximate surface area is 143 Å². The van der Waals surface area contributed by atoms with Gasteiger partial charge in [-0.3, -0.25) is 0 Å². The van der Waals surface area contributed by atoms with E-state index in [9.17, 15) is 5.11 Å². The summed E-state index contributed by atoms with van der Waals surface area (Å²) >= 11 is 1.53. The zero-order chi connectivity index (χ0) is 16.5. The summed E-state index contributed by atoms with van der Waals surface area (Å²) < 4.78 is 5.55. The Hall–Kier alpha value is -2.32. The van der Waals surface area contributed by atoms with E-state index in [1.807, 2.05) is 23.1 Å². The molecule has 7 nitrogen and oxygen atoms in total. The van der Waals surface area contributed by atoms with E-state index in [2.05, 4.69) is 32.5 Å². The highest BCUT2D eigenvalue weighted by Gasteiger charge is 2.37. The maximum absolute atomic E-state index is 10.1. The molecule has 4 rings (SSSR count). The lowest BCUT2D eigenvalue weighted by atomic mass is 10.2. The Morgan fingerprint density at radius 1 is 1.21 bits per heavy atom. The molecule has 1 N–H and O–H groups in total. The van der Waals surface area contributed by atoms with Gasteiger partial charge in [-0.1, -0.05) is 41.7 Å². The van der Waals surface area contributed by atoms with Crippen molar-refractivity contribution >= 4 is 16.5 Å². The molecule has 0 saturated carbocycles. The van der Waals surface area contributed by atoms with Crippen LogP contribution in [0.1, 0.15) is 34.8 Å². The second-order valence-corrected chi connectivity index (χ2v) is 6.90. The summed E-state index contributed by atoms with van der Waals surface area (Å²) in [4.78, 5) is 2.00. The lowest BCUT2D eigenvalue weighted by molar-refractivity contribution is 0.192. The molecular weight excluding hydrogens is 326 g/mol. The summed E-state index contributed by atoms with van der Waals surface area (Å²) in [6.45, 7) is 2.25. The first-order valence-corrected chi connectivity index (χ1v) is 8.61. The van der Waals surface area contributed by atoms with Gasteiger partial charge in [0, 0.05) is 26.3 Å². The molecule has 2 aromatic heterocycles. The third-order valence-corrected chi connectivity index (χ3v) is 4.97.